The van der Waals surface area contributed by atoms with E-state index in [-0.39, 0.29) is 0 Å². The fraction of sp³-hybridized carbons (Fsp3) is 0.250. The van der Waals surface area contributed by atoms with Gasteiger partial charge in [0.2, 0.25) is 0 Å². The Morgan fingerprint density at radius 3 is 2.19 bits per heavy atom. The predicted octanol–water partition coefficient (Wildman–Crippen LogP) is 6.14. The van der Waals surface area contributed by atoms with Gasteiger partial charge in [-0.2, -0.15) is 0 Å². The van der Waals surface area contributed by atoms with E-state index >= 15 is 0 Å². The summed E-state index contributed by atoms with van der Waals surface area (Å²) >= 11 is 3.64. The van der Waals surface area contributed by atoms with E-state index in [1.54, 1.807) is 0 Å². The first-order chi connectivity index (χ1) is 13.2. The molecule has 0 saturated heterocycles. The Kier molecular flexibility index (Phi) is 7.49. The Morgan fingerprint density at radius 1 is 0.852 bits per heavy atom. The summed E-state index contributed by atoms with van der Waals surface area (Å²) in [5.41, 5.74) is 3.82. The van der Waals surface area contributed by atoms with Crippen molar-refractivity contribution in [2.75, 3.05) is 0 Å². The van der Waals surface area contributed by atoms with Gasteiger partial charge in [0.05, 0.1) is 4.47 Å². The summed E-state index contributed by atoms with van der Waals surface area (Å²) in [6.45, 7) is 3.68. The topological polar surface area (TPSA) is 21.3 Å². The summed E-state index contributed by atoms with van der Waals surface area (Å²) < 4.78 is 6.92. The van der Waals surface area contributed by atoms with Crippen molar-refractivity contribution in [2.24, 2.45) is 0 Å². The molecule has 0 amide bonds. The monoisotopic (exact) mass is 423 g/mol. The average Bonchev–Trinajstić information content (AvgIpc) is 2.71. The van der Waals surface area contributed by atoms with Crippen molar-refractivity contribution in [3.63, 3.8) is 0 Å². The van der Waals surface area contributed by atoms with E-state index in [0.717, 1.165) is 29.6 Å². The molecule has 27 heavy (non-hydrogen) atoms. The molecule has 140 valence electrons. The molecule has 3 heteroatoms. The molecule has 1 atom stereocenters. The molecule has 1 N–H and O–H groups in total. The molecule has 3 aromatic rings. The Balaban J connectivity index is 1.45. The highest BCUT2D eigenvalue weighted by Crippen LogP contribution is 2.27. The van der Waals surface area contributed by atoms with Crippen molar-refractivity contribution >= 4 is 15.9 Å². The van der Waals surface area contributed by atoms with Crippen LogP contribution in [-0.2, 0) is 19.6 Å². The van der Waals surface area contributed by atoms with Gasteiger partial charge in [-0.05, 0) is 64.5 Å². The van der Waals surface area contributed by atoms with Gasteiger partial charge in [0.1, 0.15) is 12.4 Å². The first kappa shape index (κ1) is 19.7. The van der Waals surface area contributed by atoms with Crippen LogP contribution in [0.3, 0.4) is 0 Å². The van der Waals surface area contributed by atoms with Gasteiger partial charge in [-0.1, -0.05) is 66.7 Å². The Morgan fingerprint density at radius 2 is 1.52 bits per heavy atom. The second-order valence-electron chi connectivity index (χ2n) is 6.85. The van der Waals surface area contributed by atoms with E-state index in [4.69, 9.17) is 4.74 Å². The maximum absolute atomic E-state index is 5.92. The van der Waals surface area contributed by atoms with Gasteiger partial charge in [0.25, 0.3) is 0 Å². The molecule has 0 bridgehead atoms. The average molecular weight is 424 g/mol. The molecule has 0 aliphatic carbocycles. The SMILES string of the molecule is CC(CCc1ccccc1)NCc1ccc(OCc2ccccc2)c(Br)c1. The number of aryl methyl sites for hydroxylation is 1. The minimum absolute atomic E-state index is 0.470. The van der Waals surface area contributed by atoms with Crippen molar-refractivity contribution in [1.29, 1.82) is 0 Å². The molecule has 1 unspecified atom stereocenters. The van der Waals surface area contributed by atoms with Crippen LogP contribution in [0.5, 0.6) is 5.75 Å². The fourth-order valence-electron chi connectivity index (χ4n) is 2.93. The quantitative estimate of drug-likeness (QED) is 0.446. The highest BCUT2D eigenvalue weighted by Gasteiger charge is 2.06. The number of ether oxygens (including phenoxy) is 1. The van der Waals surface area contributed by atoms with Crippen LogP contribution in [0.2, 0.25) is 0 Å². The highest BCUT2D eigenvalue weighted by atomic mass is 79.9. The largest absolute Gasteiger partial charge is 0.488 e. The van der Waals surface area contributed by atoms with Crippen LogP contribution in [-0.4, -0.2) is 6.04 Å². The molecule has 0 aromatic heterocycles. The Hall–Kier alpha value is -2.10. The lowest BCUT2D eigenvalue weighted by Gasteiger charge is -2.15. The van der Waals surface area contributed by atoms with Crippen LogP contribution in [0.4, 0.5) is 0 Å². The minimum atomic E-state index is 0.470. The van der Waals surface area contributed by atoms with Gasteiger partial charge in [0, 0.05) is 12.6 Å². The molecule has 0 spiro atoms. The summed E-state index contributed by atoms with van der Waals surface area (Å²) in [5.74, 6) is 0.875. The van der Waals surface area contributed by atoms with E-state index in [1.807, 2.05) is 24.3 Å². The lowest BCUT2D eigenvalue weighted by atomic mass is 10.1. The van der Waals surface area contributed by atoms with E-state index in [0.29, 0.717) is 12.6 Å². The molecule has 2 nitrogen and oxygen atoms in total. The molecule has 0 radical (unpaired) electrons. The van der Waals surface area contributed by atoms with E-state index in [2.05, 4.69) is 82.8 Å². The molecule has 0 aliphatic heterocycles. The van der Waals surface area contributed by atoms with Crippen LogP contribution < -0.4 is 10.1 Å². The number of halogens is 1. The van der Waals surface area contributed by atoms with Crippen LogP contribution in [0.15, 0.2) is 83.3 Å². The number of hydrogen-bond donors (Lipinski definition) is 1. The van der Waals surface area contributed by atoms with Gasteiger partial charge >= 0.3 is 0 Å². The lowest BCUT2D eigenvalue weighted by Crippen LogP contribution is -2.25. The smallest absolute Gasteiger partial charge is 0.134 e. The second-order valence-corrected chi connectivity index (χ2v) is 7.70. The van der Waals surface area contributed by atoms with Crippen LogP contribution in [0, 0.1) is 0 Å². The number of benzene rings is 3. The molecule has 3 aromatic carbocycles. The molecule has 0 fully saturated rings. The Bertz CT molecular complexity index is 820. The second kappa shape index (κ2) is 10.3. The molecular formula is C24H26BrNO. The van der Waals surface area contributed by atoms with Crippen molar-refractivity contribution < 1.29 is 4.74 Å². The van der Waals surface area contributed by atoms with Gasteiger partial charge < -0.3 is 10.1 Å². The van der Waals surface area contributed by atoms with Crippen molar-refractivity contribution in [2.45, 2.75) is 39.0 Å². The van der Waals surface area contributed by atoms with Gasteiger partial charge in [-0.15, -0.1) is 0 Å². The molecule has 0 aliphatic rings. The normalized spacial score (nSPS) is 11.9. The summed E-state index contributed by atoms with van der Waals surface area (Å²) in [6.07, 6.45) is 2.23. The zero-order valence-corrected chi connectivity index (χ0v) is 17.3. The van der Waals surface area contributed by atoms with Gasteiger partial charge in [-0.3, -0.25) is 0 Å². The van der Waals surface area contributed by atoms with E-state index < -0.39 is 0 Å². The van der Waals surface area contributed by atoms with Crippen molar-refractivity contribution in [3.05, 3.63) is 100 Å². The van der Waals surface area contributed by atoms with Crippen molar-refractivity contribution in [1.82, 2.24) is 5.32 Å². The molecule has 0 heterocycles. The summed E-state index contributed by atoms with van der Waals surface area (Å²) in [5, 5.41) is 3.61. The summed E-state index contributed by atoms with van der Waals surface area (Å²) in [7, 11) is 0. The zero-order valence-electron chi connectivity index (χ0n) is 15.7. The fourth-order valence-corrected chi connectivity index (χ4v) is 3.47. The lowest BCUT2D eigenvalue weighted by molar-refractivity contribution is 0.304. The molecule has 3 rings (SSSR count). The van der Waals surface area contributed by atoms with E-state index in [9.17, 15) is 0 Å². The van der Waals surface area contributed by atoms with E-state index in [1.165, 1.54) is 16.7 Å². The van der Waals surface area contributed by atoms with Crippen molar-refractivity contribution in [3.8, 4) is 5.75 Å². The minimum Gasteiger partial charge on any atom is -0.488 e. The summed E-state index contributed by atoms with van der Waals surface area (Å²) in [6, 6.07) is 27.7. The first-order valence-corrected chi connectivity index (χ1v) is 10.2. The third-order valence-electron chi connectivity index (χ3n) is 4.60. The van der Waals surface area contributed by atoms with Crippen LogP contribution >= 0.6 is 15.9 Å². The number of nitrogens with one attached hydrogen (secondary N) is 1. The molecular weight excluding hydrogens is 398 g/mol. The van der Waals surface area contributed by atoms with Crippen LogP contribution in [0.1, 0.15) is 30.0 Å². The zero-order chi connectivity index (χ0) is 18.9. The van der Waals surface area contributed by atoms with Gasteiger partial charge in [-0.25, -0.2) is 0 Å². The van der Waals surface area contributed by atoms with Gasteiger partial charge in [0.15, 0.2) is 0 Å². The highest BCUT2D eigenvalue weighted by molar-refractivity contribution is 9.10. The number of hydrogen-bond acceptors (Lipinski definition) is 2. The third-order valence-corrected chi connectivity index (χ3v) is 5.22. The first-order valence-electron chi connectivity index (χ1n) is 9.43. The summed E-state index contributed by atoms with van der Waals surface area (Å²) in [4.78, 5) is 0. The standard InChI is InChI=1S/C24H26BrNO/c1-19(12-13-20-8-4-2-5-9-20)26-17-22-14-15-24(23(25)16-22)27-18-21-10-6-3-7-11-21/h2-11,14-16,19,26H,12-13,17-18H2,1H3. The third kappa shape index (κ3) is 6.53. The predicted molar refractivity (Wildman–Crippen MR) is 116 cm³/mol. The maximum atomic E-state index is 5.92. The maximum Gasteiger partial charge on any atom is 0.134 e. The van der Waals surface area contributed by atoms with Crippen LogP contribution in [0.25, 0.3) is 0 Å². The molecule has 0 saturated carbocycles. The number of rotatable bonds is 9. The Labute approximate surface area is 170 Å².